The summed E-state index contributed by atoms with van der Waals surface area (Å²) in [4.78, 5) is 12.0. The SMILES string of the molecule is Cc1cc(C(=O)NCC2CCSCC2)ccc1Br. The van der Waals surface area contributed by atoms with Gasteiger partial charge in [-0.05, 0) is 61.0 Å². The summed E-state index contributed by atoms with van der Waals surface area (Å²) in [7, 11) is 0. The Hall–Kier alpha value is -0.480. The predicted molar refractivity (Wildman–Crippen MR) is 81.3 cm³/mol. The Kier molecular flexibility index (Phi) is 5.13. The second kappa shape index (κ2) is 6.62. The van der Waals surface area contributed by atoms with E-state index < -0.39 is 0 Å². The highest BCUT2D eigenvalue weighted by atomic mass is 79.9. The van der Waals surface area contributed by atoms with Crippen molar-refractivity contribution in [2.45, 2.75) is 19.8 Å². The number of nitrogens with one attached hydrogen (secondary N) is 1. The summed E-state index contributed by atoms with van der Waals surface area (Å²) in [5.41, 5.74) is 1.85. The first-order chi connectivity index (χ1) is 8.66. The fraction of sp³-hybridized carbons (Fsp3) is 0.500. The number of hydrogen-bond donors (Lipinski definition) is 1. The molecular weight excluding hydrogens is 310 g/mol. The fourth-order valence-corrected chi connectivity index (χ4v) is 3.53. The molecule has 0 bridgehead atoms. The summed E-state index contributed by atoms with van der Waals surface area (Å²) in [6, 6.07) is 5.72. The molecule has 0 aliphatic carbocycles. The number of benzene rings is 1. The van der Waals surface area contributed by atoms with Crippen molar-refractivity contribution in [1.82, 2.24) is 5.32 Å². The topological polar surface area (TPSA) is 29.1 Å². The van der Waals surface area contributed by atoms with Crippen molar-refractivity contribution in [2.24, 2.45) is 5.92 Å². The number of thioether (sulfide) groups is 1. The molecule has 1 aromatic carbocycles. The minimum Gasteiger partial charge on any atom is -0.352 e. The molecule has 0 radical (unpaired) electrons. The second-order valence-corrected chi connectivity index (χ2v) is 6.81. The fourth-order valence-electron chi connectivity index (χ4n) is 2.08. The zero-order valence-corrected chi connectivity index (χ0v) is 12.9. The van der Waals surface area contributed by atoms with Crippen molar-refractivity contribution in [3.8, 4) is 0 Å². The Labute approximate surface area is 121 Å². The number of halogens is 1. The molecule has 0 unspecified atom stereocenters. The summed E-state index contributed by atoms with van der Waals surface area (Å²) >= 11 is 5.46. The number of aryl methyl sites for hydroxylation is 1. The molecule has 98 valence electrons. The van der Waals surface area contributed by atoms with Crippen molar-refractivity contribution in [1.29, 1.82) is 0 Å². The number of rotatable bonds is 3. The smallest absolute Gasteiger partial charge is 0.251 e. The van der Waals surface area contributed by atoms with Crippen LogP contribution in [0.1, 0.15) is 28.8 Å². The Balaban J connectivity index is 1.88. The third kappa shape index (κ3) is 3.75. The summed E-state index contributed by atoms with van der Waals surface area (Å²) in [6.45, 7) is 2.81. The van der Waals surface area contributed by atoms with Gasteiger partial charge < -0.3 is 5.32 Å². The van der Waals surface area contributed by atoms with E-state index in [2.05, 4.69) is 21.2 Å². The van der Waals surface area contributed by atoms with Crippen LogP contribution in [0.3, 0.4) is 0 Å². The number of carbonyl (C=O) groups is 1. The Morgan fingerprint density at radius 2 is 2.17 bits per heavy atom. The van der Waals surface area contributed by atoms with Crippen LogP contribution in [0.5, 0.6) is 0 Å². The van der Waals surface area contributed by atoms with Crippen LogP contribution in [0.2, 0.25) is 0 Å². The molecule has 1 aromatic rings. The first-order valence-corrected chi connectivity index (χ1v) is 8.23. The molecule has 2 rings (SSSR count). The van der Waals surface area contributed by atoms with E-state index in [-0.39, 0.29) is 5.91 Å². The molecular formula is C14H18BrNOS. The van der Waals surface area contributed by atoms with Gasteiger partial charge in [0, 0.05) is 16.6 Å². The molecule has 0 atom stereocenters. The molecule has 18 heavy (non-hydrogen) atoms. The first-order valence-electron chi connectivity index (χ1n) is 6.29. The van der Waals surface area contributed by atoms with Crippen LogP contribution in [0.15, 0.2) is 22.7 Å². The van der Waals surface area contributed by atoms with E-state index in [1.807, 2.05) is 36.9 Å². The molecule has 0 saturated carbocycles. The first kappa shape index (κ1) is 13.9. The van der Waals surface area contributed by atoms with Crippen LogP contribution in [-0.2, 0) is 0 Å². The van der Waals surface area contributed by atoms with Crippen molar-refractivity contribution >= 4 is 33.6 Å². The van der Waals surface area contributed by atoms with E-state index in [1.165, 1.54) is 24.3 Å². The number of amides is 1. The van der Waals surface area contributed by atoms with Gasteiger partial charge in [0.05, 0.1) is 0 Å². The summed E-state index contributed by atoms with van der Waals surface area (Å²) in [5, 5.41) is 3.05. The van der Waals surface area contributed by atoms with Gasteiger partial charge in [-0.3, -0.25) is 4.79 Å². The van der Waals surface area contributed by atoms with E-state index in [4.69, 9.17) is 0 Å². The quantitative estimate of drug-likeness (QED) is 0.918. The minimum absolute atomic E-state index is 0.0452. The Morgan fingerprint density at radius 3 is 2.83 bits per heavy atom. The van der Waals surface area contributed by atoms with Crippen molar-refractivity contribution < 1.29 is 4.79 Å². The molecule has 1 aliphatic heterocycles. The lowest BCUT2D eigenvalue weighted by molar-refractivity contribution is 0.0946. The summed E-state index contributed by atoms with van der Waals surface area (Å²) in [5.74, 6) is 3.17. The lowest BCUT2D eigenvalue weighted by Gasteiger charge is -2.21. The number of carbonyl (C=O) groups excluding carboxylic acids is 1. The lowest BCUT2D eigenvalue weighted by atomic mass is 10.0. The molecule has 1 aliphatic rings. The molecule has 0 spiro atoms. The highest BCUT2D eigenvalue weighted by Gasteiger charge is 2.15. The van der Waals surface area contributed by atoms with Gasteiger partial charge in [0.2, 0.25) is 0 Å². The normalized spacial score (nSPS) is 16.6. The van der Waals surface area contributed by atoms with E-state index in [9.17, 15) is 4.79 Å². The maximum Gasteiger partial charge on any atom is 0.251 e. The Morgan fingerprint density at radius 1 is 1.44 bits per heavy atom. The molecule has 1 heterocycles. The van der Waals surface area contributed by atoms with Gasteiger partial charge in [-0.1, -0.05) is 15.9 Å². The van der Waals surface area contributed by atoms with Gasteiger partial charge in [-0.2, -0.15) is 11.8 Å². The summed E-state index contributed by atoms with van der Waals surface area (Å²) in [6.07, 6.45) is 2.45. The largest absolute Gasteiger partial charge is 0.352 e. The average molecular weight is 328 g/mol. The van der Waals surface area contributed by atoms with Crippen molar-refractivity contribution in [2.75, 3.05) is 18.1 Å². The van der Waals surface area contributed by atoms with Crippen LogP contribution in [0.25, 0.3) is 0 Å². The molecule has 0 aromatic heterocycles. The van der Waals surface area contributed by atoms with Crippen molar-refractivity contribution in [3.63, 3.8) is 0 Å². The third-order valence-electron chi connectivity index (χ3n) is 3.31. The van der Waals surface area contributed by atoms with Gasteiger partial charge in [0.25, 0.3) is 5.91 Å². The monoisotopic (exact) mass is 327 g/mol. The van der Waals surface area contributed by atoms with Gasteiger partial charge in [0.15, 0.2) is 0 Å². The minimum atomic E-state index is 0.0452. The second-order valence-electron chi connectivity index (χ2n) is 4.73. The summed E-state index contributed by atoms with van der Waals surface area (Å²) < 4.78 is 1.04. The lowest BCUT2D eigenvalue weighted by Crippen LogP contribution is -2.31. The molecule has 4 heteroatoms. The van der Waals surface area contributed by atoms with E-state index in [1.54, 1.807) is 0 Å². The molecule has 1 saturated heterocycles. The van der Waals surface area contributed by atoms with Crippen molar-refractivity contribution in [3.05, 3.63) is 33.8 Å². The zero-order chi connectivity index (χ0) is 13.0. The van der Waals surface area contributed by atoms with Crippen LogP contribution in [0.4, 0.5) is 0 Å². The highest BCUT2D eigenvalue weighted by molar-refractivity contribution is 9.10. The van der Waals surface area contributed by atoms with Gasteiger partial charge in [-0.15, -0.1) is 0 Å². The van der Waals surface area contributed by atoms with Gasteiger partial charge in [0.1, 0.15) is 0 Å². The third-order valence-corrected chi connectivity index (χ3v) is 5.25. The molecule has 1 N–H and O–H groups in total. The van der Waals surface area contributed by atoms with E-state index in [0.717, 1.165) is 22.1 Å². The number of hydrogen-bond acceptors (Lipinski definition) is 2. The molecule has 2 nitrogen and oxygen atoms in total. The molecule has 1 amide bonds. The highest BCUT2D eigenvalue weighted by Crippen LogP contribution is 2.22. The van der Waals surface area contributed by atoms with Gasteiger partial charge in [-0.25, -0.2) is 0 Å². The maximum atomic E-state index is 12.0. The maximum absolute atomic E-state index is 12.0. The van der Waals surface area contributed by atoms with E-state index >= 15 is 0 Å². The van der Waals surface area contributed by atoms with Crippen LogP contribution in [-0.4, -0.2) is 24.0 Å². The average Bonchev–Trinajstić information content (AvgIpc) is 2.40. The predicted octanol–water partition coefficient (Wildman–Crippen LogP) is 3.63. The standard InChI is InChI=1S/C14H18BrNOS/c1-10-8-12(2-3-13(10)15)14(17)16-9-11-4-6-18-7-5-11/h2-3,8,11H,4-7,9H2,1H3,(H,16,17). The van der Waals surface area contributed by atoms with E-state index in [0.29, 0.717) is 5.92 Å². The van der Waals surface area contributed by atoms with Crippen LogP contribution in [0, 0.1) is 12.8 Å². The zero-order valence-electron chi connectivity index (χ0n) is 10.5. The molecule has 1 fully saturated rings. The van der Waals surface area contributed by atoms with Crippen LogP contribution < -0.4 is 5.32 Å². The Bertz CT molecular complexity index is 430. The van der Waals surface area contributed by atoms with Gasteiger partial charge >= 0.3 is 0 Å². The van der Waals surface area contributed by atoms with Crippen LogP contribution >= 0.6 is 27.7 Å².